The van der Waals surface area contributed by atoms with Crippen LogP contribution in [0.4, 0.5) is 0 Å². The van der Waals surface area contributed by atoms with Gasteiger partial charge in [0.05, 0.1) is 16.4 Å². The fraction of sp³-hybridized carbons (Fsp3) is 0.538. The minimum atomic E-state index is -0.525. The molecule has 18 heavy (non-hydrogen) atoms. The molecule has 0 aliphatic carbocycles. The smallest absolute Gasteiger partial charge is 0.102 e. The van der Waals surface area contributed by atoms with Gasteiger partial charge in [-0.25, -0.2) is 4.98 Å². The first-order valence-electron chi connectivity index (χ1n) is 6.29. The van der Waals surface area contributed by atoms with E-state index in [9.17, 15) is 5.11 Å². The molecule has 0 radical (unpaired) electrons. The van der Waals surface area contributed by atoms with Gasteiger partial charge in [0.25, 0.3) is 0 Å². The van der Waals surface area contributed by atoms with Crippen molar-refractivity contribution in [2.24, 2.45) is 0 Å². The molecule has 5 heteroatoms. The molecule has 0 aliphatic rings. The molecule has 0 saturated heterocycles. The normalized spacial score (nSPS) is 12.9. The third kappa shape index (κ3) is 2.79. The average molecular weight is 265 g/mol. The second-order valence-corrected chi connectivity index (χ2v) is 5.28. The standard InChI is InChI=1S/C13H19N3OS/c1-4-10-6-11(16(5-2)15-10)12(17)7-13-14-9(3)8-18-13/h6,8,12,17H,4-5,7H2,1-3H3. The summed E-state index contributed by atoms with van der Waals surface area (Å²) in [6.45, 7) is 6.86. The molecule has 2 aromatic heterocycles. The Morgan fingerprint density at radius 1 is 1.44 bits per heavy atom. The lowest BCUT2D eigenvalue weighted by Crippen LogP contribution is -2.10. The summed E-state index contributed by atoms with van der Waals surface area (Å²) in [6.07, 6.45) is 0.930. The lowest BCUT2D eigenvalue weighted by molar-refractivity contribution is 0.167. The maximum absolute atomic E-state index is 10.3. The second kappa shape index (κ2) is 5.63. The predicted molar refractivity (Wildman–Crippen MR) is 72.8 cm³/mol. The molecule has 2 aromatic rings. The van der Waals surface area contributed by atoms with Crippen LogP contribution in [0.15, 0.2) is 11.4 Å². The van der Waals surface area contributed by atoms with Gasteiger partial charge in [-0.05, 0) is 26.3 Å². The van der Waals surface area contributed by atoms with Crippen LogP contribution in [0.5, 0.6) is 0 Å². The van der Waals surface area contributed by atoms with E-state index < -0.39 is 6.10 Å². The van der Waals surface area contributed by atoms with Crippen molar-refractivity contribution in [3.63, 3.8) is 0 Å². The first-order valence-corrected chi connectivity index (χ1v) is 7.17. The molecule has 0 aliphatic heterocycles. The topological polar surface area (TPSA) is 50.9 Å². The van der Waals surface area contributed by atoms with Gasteiger partial charge >= 0.3 is 0 Å². The molecule has 2 rings (SSSR count). The number of hydrogen-bond donors (Lipinski definition) is 1. The molecule has 0 aromatic carbocycles. The van der Waals surface area contributed by atoms with E-state index in [4.69, 9.17) is 0 Å². The fourth-order valence-electron chi connectivity index (χ4n) is 1.95. The highest BCUT2D eigenvalue weighted by atomic mass is 32.1. The molecule has 4 nitrogen and oxygen atoms in total. The summed E-state index contributed by atoms with van der Waals surface area (Å²) in [7, 11) is 0. The van der Waals surface area contributed by atoms with E-state index in [0.717, 1.165) is 35.1 Å². The van der Waals surface area contributed by atoms with Crippen LogP contribution in [0.2, 0.25) is 0 Å². The average Bonchev–Trinajstić information content (AvgIpc) is 2.95. The van der Waals surface area contributed by atoms with E-state index in [1.807, 2.05) is 30.0 Å². The van der Waals surface area contributed by atoms with Crippen molar-refractivity contribution in [1.82, 2.24) is 14.8 Å². The lowest BCUT2D eigenvalue weighted by atomic mass is 10.1. The highest BCUT2D eigenvalue weighted by Crippen LogP contribution is 2.21. The third-order valence-electron chi connectivity index (χ3n) is 2.90. The molecule has 0 fully saturated rings. The zero-order valence-corrected chi connectivity index (χ0v) is 11.9. The summed E-state index contributed by atoms with van der Waals surface area (Å²) in [6, 6.07) is 1.99. The van der Waals surface area contributed by atoms with E-state index in [1.165, 1.54) is 0 Å². The van der Waals surface area contributed by atoms with Crippen molar-refractivity contribution >= 4 is 11.3 Å². The second-order valence-electron chi connectivity index (χ2n) is 4.33. The monoisotopic (exact) mass is 265 g/mol. The first kappa shape index (κ1) is 13.2. The van der Waals surface area contributed by atoms with E-state index in [0.29, 0.717) is 6.42 Å². The van der Waals surface area contributed by atoms with Gasteiger partial charge in [-0.2, -0.15) is 5.10 Å². The summed E-state index contributed by atoms with van der Waals surface area (Å²) in [5.74, 6) is 0. The van der Waals surface area contributed by atoms with Crippen molar-refractivity contribution < 1.29 is 5.11 Å². The Kier molecular flexibility index (Phi) is 4.14. The van der Waals surface area contributed by atoms with Crippen LogP contribution < -0.4 is 0 Å². The molecule has 1 N–H and O–H groups in total. The Labute approximate surface area is 111 Å². The minimum Gasteiger partial charge on any atom is -0.386 e. The van der Waals surface area contributed by atoms with Crippen LogP contribution in [0, 0.1) is 6.92 Å². The highest BCUT2D eigenvalue weighted by molar-refractivity contribution is 7.09. The number of aliphatic hydroxyl groups is 1. The zero-order chi connectivity index (χ0) is 13.1. The lowest BCUT2D eigenvalue weighted by Gasteiger charge is -2.10. The Balaban J connectivity index is 2.17. The Bertz CT molecular complexity index is 518. The number of nitrogens with zero attached hydrogens (tertiary/aromatic N) is 3. The van der Waals surface area contributed by atoms with Gasteiger partial charge in [-0.3, -0.25) is 4.68 Å². The van der Waals surface area contributed by atoms with Crippen molar-refractivity contribution in [2.75, 3.05) is 0 Å². The fourth-order valence-corrected chi connectivity index (χ4v) is 2.76. The maximum atomic E-state index is 10.3. The number of rotatable bonds is 5. The molecule has 0 bridgehead atoms. The van der Waals surface area contributed by atoms with Gasteiger partial charge in [0, 0.05) is 24.0 Å². The van der Waals surface area contributed by atoms with Gasteiger partial charge < -0.3 is 5.11 Å². The van der Waals surface area contributed by atoms with E-state index in [1.54, 1.807) is 11.3 Å². The molecular formula is C13H19N3OS. The minimum absolute atomic E-state index is 0.525. The summed E-state index contributed by atoms with van der Waals surface area (Å²) in [5, 5.41) is 17.7. The molecule has 98 valence electrons. The summed E-state index contributed by atoms with van der Waals surface area (Å²) < 4.78 is 1.88. The molecule has 0 spiro atoms. The number of aromatic nitrogens is 3. The molecule has 1 atom stereocenters. The predicted octanol–water partition coefficient (Wildman–Crippen LogP) is 2.51. The summed E-state index contributed by atoms with van der Waals surface area (Å²) in [4.78, 5) is 4.39. The van der Waals surface area contributed by atoms with Crippen LogP contribution in [-0.2, 0) is 19.4 Å². The van der Waals surface area contributed by atoms with E-state index in [2.05, 4.69) is 17.0 Å². The summed E-state index contributed by atoms with van der Waals surface area (Å²) >= 11 is 1.60. The van der Waals surface area contributed by atoms with Crippen LogP contribution in [0.25, 0.3) is 0 Å². The first-order chi connectivity index (χ1) is 8.63. The zero-order valence-electron chi connectivity index (χ0n) is 11.1. The Morgan fingerprint density at radius 2 is 2.22 bits per heavy atom. The third-order valence-corrected chi connectivity index (χ3v) is 3.89. The van der Waals surface area contributed by atoms with Gasteiger partial charge in [-0.1, -0.05) is 6.92 Å². The number of thiazole rings is 1. The summed E-state index contributed by atoms with van der Waals surface area (Å²) in [5.41, 5.74) is 2.93. The maximum Gasteiger partial charge on any atom is 0.102 e. The van der Waals surface area contributed by atoms with Gasteiger partial charge in [0.2, 0.25) is 0 Å². The molecule has 2 heterocycles. The quantitative estimate of drug-likeness (QED) is 0.903. The molecule has 1 unspecified atom stereocenters. The van der Waals surface area contributed by atoms with Crippen molar-refractivity contribution in [3.8, 4) is 0 Å². The SMILES string of the molecule is CCc1cc(C(O)Cc2nc(C)cs2)n(CC)n1. The van der Waals surface area contributed by atoms with Crippen molar-refractivity contribution in [3.05, 3.63) is 33.5 Å². The van der Waals surface area contributed by atoms with Crippen LogP contribution in [-0.4, -0.2) is 19.9 Å². The van der Waals surface area contributed by atoms with Crippen LogP contribution in [0.3, 0.4) is 0 Å². The Morgan fingerprint density at radius 3 is 2.78 bits per heavy atom. The molecule has 0 saturated carbocycles. The molecule has 0 amide bonds. The highest BCUT2D eigenvalue weighted by Gasteiger charge is 2.16. The van der Waals surface area contributed by atoms with Gasteiger partial charge in [0.1, 0.15) is 6.10 Å². The number of aliphatic hydroxyl groups excluding tert-OH is 1. The van der Waals surface area contributed by atoms with E-state index >= 15 is 0 Å². The van der Waals surface area contributed by atoms with E-state index in [-0.39, 0.29) is 0 Å². The Hall–Kier alpha value is -1.20. The van der Waals surface area contributed by atoms with Crippen molar-refractivity contribution in [1.29, 1.82) is 0 Å². The number of hydrogen-bond acceptors (Lipinski definition) is 4. The largest absolute Gasteiger partial charge is 0.386 e. The number of aryl methyl sites for hydroxylation is 3. The van der Waals surface area contributed by atoms with Crippen LogP contribution >= 0.6 is 11.3 Å². The van der Waals surface area contributed by atoms with Gasteiger partial charge in [0.15, 0.2) is 0 Å². The van der Waals surface area contributed by atoms with Crippen LogP contribution in [0.1, 0.15) is 42.0 Å². The van der Waals surface area contributed by atoms with Crippen molar-refractivity contribution in [2.45, 2.75) is 46.3 Å². The molecular weight excluding hydrogens is 246 g/mol. The van der Waals surface area contributed by atoms with Gasteiger partial charge in [-0.15, -0.1) is 11.3 Å².